The van der Waals surface area contributed by atoms with Crippen molar-refractivity contribution >= 4 is 5.88 Å². The molecule has 1 saturated heterocycles. The van der Waals surface area contributed by atoms with Gasteiger partial charge in [-0.2, -0.15) is 0 Å². The fourth-order valence-corrected chi connectivity index (χ4v) is 3.62. The highest BCUT2D eigenvalue weighted by molar-refractivity contribution is 5.32. The average molecular weight is 322 g/mol. The number of nitrogens with zero attached hydrogens (tertiary/aromatic N) is 1. The molecule has 0 spiro atoms. The summed E-state index contributed by atoms with van der Waals surface area (Å²) in [4.78, 5) is 2.25. The molecule has 3 heteroatoms. The maximum absolute atomic E-state index is 6.05. The van der Waals surface area contributed by atoms with Crippen LogP contribution in [0, 0.1) is 17.3 Å². The lowest BCUT2D eigenvalue weighted by atomic mass is 9.69. The highest BCUT2D eigenvalue weighted by Crippen LogP contribution is 2.43. The van der Waals surface area contributed by atoms with Crippen molar-refractivity contribution < 1.29 is 9.15 Å². The van der Waals surface area contributed by atoms with Crippen LogP contribution in [0.5, 0.6) is 0 Å². The fourth-order valence-electron chi connectivity index (χ4n) is 3.62. The molecule has 1 fully saturated rings. The Hall–Kier alpha value is -0.960. The maximum atomic E-state index is 6.05. The van der Waals surface area contributed by atoms with Gasteiger partial charge in [0.1, 0.15) is 0 Å². The van der Waals surface area contributed by atoms with Gasteiger partial charge in [-0.15, -0.1) is 0 Å². The van der Waals surface area contributed by atoms with Crippen molar-refractivity contribution in [2.75, 3.05) is 25.1 Å². The van der Waals surface area contributed by atoms with E-state index in [1.165, 1.54) is 32.1 Å². The Balaban J connectivity index is 2.01. The molecule has 3 nitrogen and oxygen atoms in total. The molecule has 1 aliphatic rings. The molecule has 0 amide bonds. The molecule has 0 saturated carbocycles. The summed E-state index contributed by atoms with van der Waals surface area (Å²) in [6, 6.07) is 4.01. The van der Waals surface area contributed by atoms with Crippen molar-refractivity contribution in [2.45, 2.75) is 65.9 Å². The molecule has 2 rings (SSSR count). The van der Waals surface area contributed by atoms with Crippen LogP contribution in [0.2, 0.25) is 0 Å². The minimum atomic E-state index is 0.421. The van der Waals surface area contributed by atoms with Crippen LogP contribution >= 0.6 is 0 Å². The molecule has 0 radical (unpaired) electrons. The van der Waals surface area contributed by atoms with E-state index in [0.717, 1.165) is 25.0 Å². The molecule has 0 aromatic carbocycles. The Morgan fingerprint density at radius 2 is 2.04 bits per heavy atom. The number of anilines is 1. The molecule has 1 aliphatic heterocycles. The zero-order valence-corrected chi connectivity index (χ0v) is 15.7. The van der Waals surface area contributed by atoms with Gasteiger partial charge in [-0.25, -0.2) is 0 Å². The first-order valence-corrected chi connectivity index (χ1v) is 9.28. The van der Waals surface area contributed by atoms with Crippen LogP contribution in [0.1, 0.15) is 59.8 Å². The van der Waals surface area contributed by atoms with Gasteiger partial charge in [0.25, 0.3) is 0 Å². The Bertz CT molecular complexity index is 441. The number of ether oxygens (including phenoxy) is 1. The van der Waals surface area contributed by atoms with Crippen molar-refractivity contribution in [3.63, 3.8) is 0 Å². The van der Waals surface area contributed by atoms with Crippen LogP contribution in [0.15, 0.2) is 22.8 Å². The van der Waals surface area contributed by atoms with Gasteiger partial charge in [-0.3, -0.25) is 0 Å². The molecule has 1 aromatic rings. The van der Waals surface area contributed by atoms with Crippen LogP contribution < -0.4 is 4.90 Å². The largest absolute Gasteiger partial charge is 0.449 e. The lowest BCUT2D eigenvalue weighted by Crippen LogP contribution is -2.40. The number of hydrogen-bond acceptors (Lipinski definition) is 3. The summed E-state index contributed by atoms with van der Waals surface area (Å²) in [6.45, 7) is 11.2. The first-order chi connectivity index (χ1) is 10.9. The van der Waals surface area contributed by atoms with E-state index in [1.807, 2.05) is 12.1 Å². The van der Waals surface area contributed by atoms with Gasteiger partial charge in [0.05, 0.1) is 12.4 Å². The SMILES string of the molecule is CC(C)CCC1(CCN(C)c2ccco2)CCOC(C(C)C)C1. The molecule has 0 aliphatic carbocycles. The Labute approximate surface area is 142 Å². The average Bonchev–Trinajstić information content (AvgIpc) is 3.05. The van der Waals surface area contributed by atoms with Gasteiger partial charge in [0.15, 0.2) is 5.88 Å². The molecular weight excluding hydrogens is 286 g/mol. The molecule has 23 heavy (non-hydrogen) atoms. The number of furan rings is 1. The summed E-state index contributed by atoms with van der Waals surface area (Å²) in [5.41, 5.74) is 0.429. The summed E-state index contributed by atoms with van der Waals surface area (Å²) in [7, 11) is 2.13. The Kier molecular flexibility index (Phi) is 6.58. The Morgan fingerprint density at radius 3 is 2.65 bits per heavy atom. The minimum Gasteiger partial charge on any atom is -0.449 e. The first-order valence-electron chi connectivity index (χ1n) is 9.28. The van der Waals surface area contributed by atoms with Crippen LogP contribution in [0.25, 0.3) is 0 Å². The van der Waals surface area contributed by atoms with Crippen molar-refractivity contribution in [2.24, 2.45) is 17.3 Å². The molecule has 2 heterocycles. The van der Waals surface area contributed by atoms with Gasteiger partial charge in [-0.1, -0.05) is 34.1 Å². The minimum absolute atomic E-state index is 0.421. The smallest absolute Gasteiger partial charge is 0.194 e. The highest BCUT2D eigenvalue weighted by atomic mass is 16.5. The fraction of sp³-hybridized carbons (Fsp3) is 0.800. The third-order valence-electron chi connectivity index (χ3n) is 5.45. The van der Waals surface area contributed by atoms with Crippen molar-refractivity contribution in [1.29, 1.82) is 0 Å². The normalized spacial score (nSPS) is 25.3. The second kappa shape index (κ2) is 8.23. The van der Waals surface area contributed by atoms with Crippen LogP contribution in [0.4, 0.5) is 5.88 Å². The lowest BCUT2D eigenvalue weighted by molar-refractivity contribution is -0.0756. The van der Waals surface area contributed by atoms with Gasteiger partial charge in [0.2, 0.25) is 0 Å². The van der Waals surface area contributed by atoms with Gasteiger partial charge < -0.3 is 14.1 Å². The summed E-state index contributed by atoms with van der Waals surface area (Å²) in [5, 5.41) is 0. The van der Waals surface area contributed by atoms with E-state index in [2.05, 4.69) is 39.6 Å². The lowest BCUT2D eigenvalue weighted by Gasteiger charge is -2.43. The van der Waals surface area contributed by atoms with Gasteiger partial charge in [0, 0.05) is 26.3 Å². The predicted octanol–water partition coefficient (Wildman–Crippen LogP) is 5.36. The van der Waals surface area contributed by atoms with Crippen molar-refractivity contribution in [3.8, 4) is 0 Å². The monoisotopic (exact) mass is 321 g/mol. The van der Waals surface area contributed by atoms with Gasteiger partial charge >= 0.3 is 0 Å². The molecular formula is C20H35NO2. The third kappa shape index (κ3) is 5.27. The molecule has 2 unspecified atom stereocenters. The maximum Gasteiger partial charge on any atom is 0.194 e. The second-order valence-corrected chi connectivity index (χ2v) is 8.16. The zero-order chi connectivity index (χ0) is 16.9. The third-order valence-corrected chi connectivity index (χ3v) is 5.45. The van der Waals surface area contributed by atoms with E-state index in [1.54, 1.807) is 6.26 Å². The topological polar surface area (TPSA) is 25.6 Å². The van der Waals surface area contributed by atoms with E-state index < -0.39 is 0 Å². The molecule has 0 N–H and O–H groups in total. The predicted molar refractivity (Wildman–Crippen MR) is 96.9 cm³/mol. The first kappa shape index (κ1) is 18.4. The van der Waals surface area contributed by atoms with E-state index >= 15 is 0 Å². The summed E-state index contributed by atoms with van der Waals surface area (Å²) >= 11 is 0. The molecule has 0 bridgehead atoms. The van der Waals surface area contributed by atoms with E-state index in [0.29, 0.717) is 17.4 Å². The quantitative estimate of drug-likeness (QED) is 0.644. The number of rotatable bonds is 8. The summed E-state index contributed by atoms with van der Waals surface area (Å²) < 4.78 is 11.6. The zero-order valence-electron chi connectivity index (χ0n) is 15.7. The van der Waals surface area contributed by atoms with Gasteiger partial charge in [-0.05, 0) is 49.0 Å². The summed E-state index contributed by atoms with van der Waals surface area (Å²) in [5.74, 6) is 2.35. The standard InChI is InChI=1S/C20H35NO2/c1-16(2)8-9-20(11-14-22-18(15-20)17(3)4)10-12-21(5)19-7-6-13-23-19/h6-7,13,16-18H,8-12,14-15H2,1-5H3. The second-order valence-electron chi connectivity index (χ2n) is 8.16. The molecule has 132 valence electrons. The van der Waals surface area contributed by atoms with Crippen LogP contribution in [-0.4, -0.2) is 26.3 Å². The van der Waals surface area contributed by atoms with E-state index in [9.17, 15) is 0 Å². The van der Waals surface area contributed by atoms with E-state index in [4.69, 9.17) is 9.15 Å². The summed E-state index contributed by atoms with van der Waals surface area (Å²) in [6.07, 6.45) is 8.45. The van der Waals surface area contributed by atoms with Crippen LogP contribution in [-0.2, 0) is 4.74 Å². The van der Waals surface area contributed by atoms with Crippen molar-refractivity contribution in [1.82, 2.24) is 0 Å². The Morgan fingerprint density at radius 1 is 1.26 bits per heavy atom. The number of hydrogen-bond donors (Lipinski definition) is 0. The molecule has 1 aromatic heterocycles. The molecule has 2 atom stereocenters. The highest BCUT2D eigenvalue weighted by Gasteiger charge is 2.37. The van der Waals surface area contributed by atoms with Crippen LogP contribution in [0.3, 0.4) is 0 Å². The van der Waals surface area contributed by atoms with E-state index in [-0.39, 0.29) is 0 Å². The van der Waals surface area contributed by atoms with Crippen molar-refractivity contribution in [3.05, 3.63) is 18.4 Å².